The zero-order chi connectivity index (χ0) is 38.9. The molecule has 5 aliphatic rings. The van der Waals surface area contributed by atoms with Gasteiger partial charge in [-0.3, -0.25) is 43.8 Å². The summed E-state index contributed by atoms with van der Waals surface area (Å²) in [5.41, 5.74) is 2.35. The Balaban J connectivity index is 0.757. The van der Waals surface area contributed by atoms with Crippen molar-refractivity contribution in [2.24, 2.45) is 5.92 Å². The lowest BCUT2D eigenvalue weighted by Crippen LogP contribution is -2.54. The van der Waals surface area contributed by atoms with E-state index in [2.05, 4.69) is 26.5 Å². The van der Waals surface area contributed by atoms with Gasteiger partial charge in [0.15, 0.2) is 0 Å². The third-order valence-electron chi connectivity index (χ3n) is 12.1. The van der Waals surface area contributed by atoms with E-state index in [-0.39, 0.29) is 36.9 Å². The number of fused-ring (bicyclic) bond motifs is 1. The Morgan fingerprint density at radius 2 is 1.64 bits per heavy atom. The minimum atomic E-state index is -0.973. The molecule has 3 aromatic rings. The predicted octanol–water partition coefficient (Wildman–Crippen LogP) is 4.48. The summed E-state index contributed by atoms with van der Waals surface area (Å²) in [6, 6.07) is 13.7. The smallest absolute Gasteiger partial charge is 0.271 e. The number of halogens is 1. The predicted molar refractivity (Wildman–Crippen MR) is 205 cm³/mol. The number of piperazine rings is 1. The van der Waals surface area contributed by atoms with Gasteiger partial charge in [0.25, 0.3) is 17.7 Å². The van der Waals surface area contributed by atoms with Gasteiger partial charge in [0.05, 0.1) is 33.9 Å². The monoisotopic (exact) mass is 780 g/mol. The number of imide groups is 2. The molecule has 2 saturated carbocycles. The van der Waals surface area contributed by atoms with Gasteiger partial charge in [-0.2, -0.15) is 10.4 Å². The number of hydrogen-bond acceptors (Lipinski definition) is 10. The first-order valence-electron chi connectivity index (χ1n) is 19.7. The molecule has 4 heterocycles. The Morgan fingerprint density at radius 1 is 0.893 bits per heavy atom. The van der Waals surface area contributed by atoms with Crippen molar-refractivity contribution < 1.29 is 28.7 Å². The molecule has 3 aliphatic heterocycles. The number of aromatic nitrogens is 2. The number of nitrogens with one attached hydrogen (secondary N) is 2. The van der Waals surface area contributed by atoms with Gasteiger partial charge in [-0.05, 0) is 100 Å². The molecule has 4 fully saturated rings. The van der Waals surface area contributed by atoms with Crippen LogP contribution < -0.4 is 20.3 Å². The topological polar surface area (TPSA) is 170 Å². The summed E-state index contributed by atoms with van der Waals surface area (Å²) in [6.07, 6.45) is 9.65. The minimum Gasteiger partial charge on any atom is -0.490 e. The molecule has 8 rings (SSSR count). The number of carbonyl (C=O) groups is 5. The van der Waals surface area contributed by atoms with Crippen LogP contribution in [0.5, 0.6) is 5.75 Å². The second-order valence-corrected chi connectivity index (χ2v) is 16.0. The van der Waals surface area contributed by atoms with Crippen molar-refractivity contribution in [1.29, 1.82) is 5.26 Å². The van der Waals surface area contributed by atoms with E-state index >= 15 is 0 Å². The molecule has 2 aromatic carbocycles. The number of rotatable bonds is 9. The number of nitrogens with zero attached hydrogens (tertiary/aromatic N) is 6. The number of benzene rings is 2. The van der Waals surface area contributed by atoms with Crippen LogP contribution in [-0.2, 0) is 9.59 Å². The normalized spacial score (nSPS) is 25.8. The first kappa shape index (κ1) is 37.7. The van der Waals surface area contributed by atoms with Gasteiger partial charge in [-0.25, -0.2) is 0 Å². The fourth-order valence-corrected chi connectivity index (χ4v) is 9.11. The van der Waals surface area contributed by atoms with E-state index in [0.29, 0.717) is 39.1 Å². The number of piperidine rings is 1. The average molecular weight is 781 g/mol. The summed E-state index contributed by atoms with van der Waals surface area (Å²) >= 11 is 6.15. The van der Waals surface area contributed by atoms with Crippen LogP contribution >= 0.6 is 11.6 Å². The Labute approximate surface area is 330 Å². The van der Waals surface area contributed by atoms with E-state index in [1.54, 1.807) is 30.3 Å². The maximum atomic E-state index is 13.3. The molecule has 0 bridgehead atoms. The summed E-state index contributed by atoms with van der Waals surface area (Å²) in [6.45, 7) is 4.41. The van der Waals surface area contributed by atoms with Gasteiger partial charge in [-0.15, -0.1) is 0 Å². The van der Waals surface area contributed by atoms with E-state index < -0.39 is 29.7 Å². The highest BCUT2D eigenvalue weighted by atomic mass is 35.5. The number of hydrogen-bond donors (Lipinski definition) is 2. The number of amides is 5. The number of anilines is 1. The fraction of sp³-hybridized carbons (Fsp3) is 0.488. The molecular formula is C41H45ClN8O6. The van der Waals surface area contributed by atoms with Gasteiger partial charge in [-0.1, -0.05) is 11.6 Å². The SMILES string of the molecule is N#Cc1ccc(OC2CCC(NC(=O)c3ccn(C4CCC(CN5CCN(c6ccc7c(c6)C(=O)N(C6CCC(=O)NC6=O)C7=O)CC5)CC4)n3)CC2)cc1Cl. The first-order valence-corrected chi connectivity index (χ1v) is 20.1. The Hall–Kier alpha value is -5.26. The first-order chi connectivity index (χ1) is 27.1. The maximum absolute atomic E-state index is 13.3. The molecule has 2 aliphatic carbocycles. The third-order valence-corrected chi connectivity index (χ3v) is 12.4. The van der Waals surface area contributed by atoms with Crippen molar-refractivity contribution in [3.8, 4) is 11.8 Å². The van der Waals surface area contributed by atoms with Crippen molar-refractivity contribution in [3.05, 3.63) is 76.1 Å². The Kier molecular flexibility index (Phi) is 10.8. The molecule has 2 N–H and O–H groups in total. The van der Waals surface area contributed by atoms with Crippen molar-refractivity contribution in [2.75, 3.05) is 37.6 Å². The van der Waals surface area contributed by atoms with Crippen molar-refractivity contribution in [1.82, 2.24) is 30.2 Å². The highest BCUT2D eigenvalue weighted by Crippen LogP contribution is 2.34. The van der Waals surface area contributed by atoms with Gasteiger partial charge < -0.3 is 15.0 Å². The number of nitriles is 1. The molecule has 2 saturated heterocycles. The minimum absolute atomic E-state index is 0.0339. The van der Waals surface area contributed by atoms with E-state index in [1.807, 2.05) is 23.0 Å². The number of carbonyl (C=O) groups excluding carboxylic acids is 5. The van der Waals surface area contributed by atoms with Crippen LogP contribution in [0.3, 0.4) is 0 Å². The Morgan fingerprint density at radius 3 is 2.36 bits per heavy atom. The maximum Gasteiger partial charge on any atom is 0.271 e. The van der Waals surface area contributed by atoms with Gasteiger partial charge in [0.1, 0.15) is 23.6 Å². The van der Waals surface area contributed by atoms with Crippen LogP contribution in [0.4, 0.5) is 5.69 Å². The van der Waals surface area contributed by atoms with Gasteiger partial charge in [0.2, 0.25) is 11.8 Å². The highest BCUT2D eigenvalue weighted by Gasteiger charge is 2.45. The fourth-order valence-electron chi connectivity index (χ4n) is 8.90. The molecule has 56 heavy (non-hydrogen) atoms. The lowest BCUT2D eigenvalue weighted by atomic mass is 9.85. The summed E-state index contributed by atoms with van der Waals surface area (Å²) in [4.78, 5) is 69.3. The van der Waals surface area contributed by atoms with E-state index in [4.69, 9.17) is 26.7 Å². The van der Waals surface area contributed by atoms with Crippen LogP contribution in [0.15, 0.2) is 48.7 Å². The summed E-state index contributed by atoms with van der Waals surface area (Å²) in [5.74, 6) is -0.885. The zero-order valence-electron chi connectivity index (χ0n) is 31.1. The van der Waals surface area contributed by atoms with Crippen LogP contribution in [0.1, 0.15) is 107 Å². The summed E-state index contributed by atoms with van der Waals surface area (Å²) in [7, 11) is 0. The quantitative estimate of drug-likeness (QED) is 0.295. The summed E-state index contributed by atoms with van der Waals surface area (Å²) < 4.78 is 8.06. The van der Waals surface area contributed by atoms with Crippen LogP contribution in [0.25, 0.3) is 0 Å². The van der Waals surface area contributed by atoms with Crippen LogP contribution in [0.2, 0.25) is 5.02 Å². The molecular weight excluding hydrogens is 736 g/mol. The lowest BCUT2D eigenvalue weighted by molar-refractivity contribution is -0.136. The molecule has 0 spiro atoms. The van der Waals surface area contributed by atoms with Crippen molar-refractivity contribution in [3.63, 3.8) is 0 Å². The molecule has 5 amide bonds. The molecule has 1 unspecified atom stereocenters. The Bertz CT molecular complexity index is 2070. The molecule has 1 atom stereocenters. The highest BCUT2D eigenvalue weighted by molar-refractivity contribution is 6.31. The van der Waals surface area contributed by atoms with Crippen LogP contribution in [0, 0.1) is 17.2 Å². The number of ether oxygens (including phenoxy) is 1. The van der Waals surface area contributed by atoms with Gasteiger partial charge >= 0.3 is 0 Å². The lowest BCUT2D eigenvalue weighted by Gasteiger charge is -2.39. The largest absolute Gasteiger partial charge is 0.490 e. The average Bonchev–Trinajstić information content (AvgIpc) is 3.79. The summed E-state index contributed by atoms with van der Waals surface area (Å²) in [5, 5.41) is 19.6. The van der Waals surface area contributed by atoms with E-state index in [0.717, 1.165) is 94.7 Å². The standard InChI is InChI=1S/C41H45ClN8O6/c42-34-22-31(9-3-26(34)23-43)56-30-10-4-27(5-11-30)44-38(52)35-15-16-49(46-35)28-6-1-25(2-7-28)24-47-17-19-48(20-18-47)29-8-12-32-33(21-29)41(55)50(40(32)54)36-13-14-37(51)45-39(36)53/h3,8-9,12,15-16,21-22,25,27-28,30,36H,1-2,4-7,10-11,13-14,17-20,24H2,(H,44,52)(H,45,51,53). The van der Waals surface area contributed by atoms with E-state index in [1.165, 1.54) is 0 Å². The van der Waals surface area contributed by atoms with Crippen LogP contribution in [-0.4, -0.2) is 100 Å². The molecule has 0 radical (unpaired) electrons. The van der Waals surface area contributed by atoms with Crippen molar-refractivity contribution in [2.45, 2.75) is 88.4 Å². The molecule has 15 heteroatoms. The van der Waals surface area contributed by atoms with E-state index in [9.17, 15) is 24.0 Å². The van der Waals surface area contributed by atoms with Gasteiger partial charge in [0, 0.05) is 63.1 Å². The zero-order valence-corrected chi connectivity index (χ0v) is 31.9. The second kappa shape index (κ2) is 16.1. The third kappa shape index (κ3) is 7.88. The molecule has 292 valence electrons. The van der Waals surface area contributed by atoms with Crippen molar-refractivity contribution >= 4 is 46.8 Å². The molecule has 14 nitrogen and oxygen atoms in total. The second-order valence-electron chi connectivity index (χ2n) is 15.6. The molecule has 1 aromatic heterocycles.